The van der Waals surface area contributed by atoms with Gasteiger partial charge in [-0.25, -0.2) is 0 Å². The smallest absolute Gasteiger partial charge is 0.0709 e. The fraction of sp³-hybridized carbons (Fsp3) is 0.250. The first kappa shape index (κ1) is 15.1. The summed E-state index contributed by atoms with van der Waals surface area (Å²) in [5, 5.41) is 15.9. The van der Waals surface area contributed by atoms with Crippen molar-refractivity contribution < 1.29 is 5.11 Å². The van der Waals surface area contributed by atoms with Gasteiger partial charge in [0.2, 0.25) is 0 Å². The molecule has 0 bridgehead atoms. The Hall–Kier alpha value is -2.00. The molecular weight excluding hydrogens is 236 g/mol. The van der Waals surface area contributed by atoms with Gasteiger partial charge >= 0.3 is 0 Å². The van der Waals surface area contributed by atoms with Crippen LogP contribution in [0.25, 0.3) is 0 Å². The van der Waals surface area contributed by atoms with E-state index in [0.717, 1.165) is 23.5 Å². The van der Waals surface area contributed by atoms with E-state index in [2.05, 4.69) is 23.8 Å². The topological polar surface area (TPSA) is 44.3 Å². The Morgan fingerprint density at radius 3 is 2.42 bits per heavy atom. The van der Waals surface area contributed by atoms with Gasteiger partial charge in [0.1, 0.15) is 0 Å². The molecule has 1 atom stereocenters. The number of allylic oxidation sites excluding steroid dienone is 3. The van der Waals surface area contributed by atoms with Crippen LogP contribution in [0.2, 0.25) is 0 Å². The van der Waals surface area contributed by atoms with E-state index in [1.54, 1.807) is 12.2 Å². The van der Waals surface area contributed by atoms with Gasteiger partial charge < -0.3 is 15.7 Å². The maximum absolute atomic E-state index is 9.48. The van der Waals surface area contributed by atoms with Crippen LogP contribution in [0.4, 0.5) is 11.4 Å². The number of anilines is 2. The molecule has 3 nitrogen and oxygen atoms in total. The van der Waals surface area contributed by atoms with E-state index in [-0.39, 0.29) is 6.10 Å². The van der Waals surface area contributed by atoms with Gasteiger partial charge in [-0.15, -0.1) is 0 Å². The van der Waals surface area contributed by atoms with E-state index in [4.69, 9.17) is 0 Å². The largest absolute Gasteiger partial charge is 0.391 e. The zero-order chi connectivity index (χ0) is 14.1. The quantitative estimate of drug-likeness (QED) is 0.625. The number of benzene rings is 1. The lowest BCUT2D eigenvalue weighted by Crippen LogP contribution is -2.18. The molecule has 0 amide bonds. The molecule has 1 rings (SSSR count). The van der Waals surface area contributed by atoms with E-state index in [0.29, 0.717) is 6.54 Å². The van der Waals surface area contributed by atoms with Gasteiger partial charge in [-0.3, -0.25) is 0 Å². The number of aliphatic hydroxyl groups excluding tert-OH is 1. The molecule has 1 aromatic rings. The summed E-state index contributed by atoms with van der Waals surface area (Å²) in [6, 6.07) is 7.89. The van der Waals surface area contributed by atoms with Gasteiger partial charge in [-0.1, -0.05) is 26.2 Å². The minimum absolute atomic E-state index is 0.305. The Labute approximate surface area is 115 Å². The minimum atomic E-state index is -0.305. The predicted molar refractivity (Wildman–Crippen MR) is 83.3 cm³/mol. The number of hydrogen-bond donors (Lipinski definition) is 3. The third kappa shape index (κ3) is 5.44. The third-order valence-electron chi connectivity index (χ3n) is 2.70. The van der Waals surface area contributed by atoms with Gasteiger partial charge in [0, 0.05) is 23.6 Å². The van der Waals surface area contributed by atoms with E-state index in [1.807, 2.05) is 37.3 Å². The summed E-state index contributed by atoms with van der Waals surface area (Å²) >= 11 is 0. The maximum atomic E-state index is 9.48. The normalized spacial score (nSPS) is 12.6. The van der Waals surface area contributed by atoms with E-state index < -0.39 is 0 Å². The van der Waals surface area contributed by atoms with Gasteiger partial charge in [0.25, 0.3) is 0 Å². The standard InChI is InChI=1S/C16H22N2O/c1-4-7-13(5-2)18-15-10-8-14(9-11-15)17-12-16(19)6-3/h4-5,7-11,16-19H,1-2,6,12H2,3H3/b13-7+. The molecule has 0 aliphatic rings. The summed E-state index contributed by atoms with van der Waals surface area (Å²) in [6.07, 6.45) is 5.76. The van der Waals surface area contributed by atoms with Crippen molar-refractivity contribution in [2.75, 3.05) is 17.2 Å². The number of hydrogen-bond acceptors (Lipinski definition) is 3. The molecule has 0 radical (unpaired) electrons. The summed E-state index contributed by atoms with van der Waals surface area (Å²) in [7, 11) is 0. The average Bonchev–Trinajstić information content (AvgIpc) is 2.45. The van der Waals surface area contributed by atoms with Crippen LogP contribution in [0.5, 0.6) is 0 Å². The summed E-state index contributed by atoms with van der Waals surface area (Å²) in [5.74, 6) is 0. The Morgan fingerprint density at radius 1 is 1.26 bits per heavy atom. The fourth-order valence-corrected chi connectivity index (χ4v) is 1.51. The van der Waals surface area contributed by atoms with Crippen molar-refractivity contribution in [2.45, 2.75) is 19.4 Å². The number of aliphatic hydroxyl groups is 1. The molecule has 3 N–H and O–H groups in total. The van der Waals surface area contributed by atoms with Crippen molar-refractivity contribution >= 4 is 11.4 Å². The van der Waals surface area contributed by atoms with Gasteiger partial charge in [0.15, 0.2) is 0 Å². The highest BCUT2D eigenvalue weighted by Gasteiger charge is 2.00. The van der Waals surface area contributed by atoms with Gasteiger partial charge in [-0.05, 0) is 42.8 Å². The molecule has 19 heavy (non-hydrogen) atoms. The minimum Gasteiger partial charge on any atom is -0.391 e. The molecule has 0 aliphatic carbocycles. The van der Waals surface area contributed by atoms with Crippen molar-refractivity contribution in [3.63, 3.8) is 0 Å². The molecule has 0 heterocycles. The first-order valence-electron chi connectivity index (χ1n) is 6.43. The lowest BCUT2D eigenvalue weighted by atomic mass is 10.2. The van der Waals surface area contributed by atoms with Gasteiger partial charge in [-0.2, -0.15) is 0 Å². The maximum Gasteiger partial charge on any atom is 0.0709 e. The zero-order valence-corrected chi connectivity index (χ0v) is 11.4. The van der Waals surface area contributed by atoms with Crippen LogP contribution >= 0.6 is 0 Å². The average molecular weight is 258 g/mol. The molecule has 102 valence electrons. The molecule has 1 aromatic carbocycles. The van der Waals surface area contributed by atoms with Crippen LogP contribution in [0.15, 0.2) is 61.3 Å². The summed E-state index contributed by atoms with van der Waals surface area (Å²) in [4.78, 5) is 0. The highest BCUT2D eigenvalue weighted by molar-refractivity contribution is 5.57. The summed E-state index contributed by atoms with van der Waals surface area (Å²) < 4.78 is 0. The summed E-state index contributed by atoms with van der Waals surface area (Å²) in [6.45, 7) is 9.92. The predicted octanol–water partition coefficient (Wildman–Crippen LogP) is 3.54. The molecule has 0 fully saturated rings. The Bertz CT molecular complexity index is 435. The monoisotopic (exact) mass is 258 g/mol. The van der Waals surface area contributed by atoms with Gasteiger partial charge in [0.05, 0.1) is 6.10 Å². The van der Waals surface area contributed by atoms with Crippen LogP contribution in [0.1, 0.15) is 13.3 Å². The molecule has 0 aromatic heterocycles. The molecule has 0 saturated heterocycles. The highest BCUT2D eigenvalue weighted by atomic mass is 16.3. The molecule has 0 saturated carbocycles. The first-order chi connectivity index (χ1) is 9.19. The van der Waals surface area contributed by atoms with Crippen LogP contribution in [-0.2, 0) is 0 Å². The number of rotatable bonds is 8. The highest BCUT2D eigenvalue weighted by Crippen LogP contribution is 2.15. The SMILES string of the molecule is C=C/C=C(\C=C)Nc1ccc(NCC(O)CC)cc1. The Balaban J connectivity index is 2.58. The van der Waals surface area contributed by atoms with Crippen LogP contribution in [-0.4, -0.2) is 17.8 Å². The molecule has 0 spiro atoms. The Morgan fingerprint density at radius 2 is 1.89 bits per heavy atom. The first-order valence-corrected chi connectivity index (χ1v) is 6.43. The van der Waals surface area contributed by atoms with Crippen molar-refractivity contribution in [3.05, 3.63) is 61.3 Å². The van der Waals surface area contributed by atoms with Crippen molar-refractivity contribution in [1.29, 1.82) is 0 Å². The van der Waals surface area contributed by atoms with Crippen molar-refractivity contribution in [3.8, 4) is 0 Å². The molecule has 3 heteroatoms. The molecule has 0 aliphatic heterocycles. The van der Waals surface area contributed by atoms with E-state index >= 15 is 0 Å². The lowest BCUT2D eigenvalue weighted by molar-refractivity contribution is 0.183. The third-order valence-corrected chi connectivity index (χ3v) is 2.70. The summed E-state index contributed by atoms with van der Waals surface area (Å²) in [5.41, 5.74) is 2.87. The second kappa shape index (κ2) is 8.16. The molecule has 1 unspecified atom stereocenters. The van der Waals surface area contributed by atoms with Crippen LogP contribution in [0.3, 0.4) is 0 Å². The Kier molecular flexibility index (Phi) is 6.47. The fourth-order valence-electron chi connectivity index (χ4n) is 1.51. The lowest BCUT2D eigenvalue weighted by Gasteiger charge is -2.12. The van der Waals surface area contributed by atoms with E-state index in [9.17, 15) is 5.11 Å². The van der Waals surface area contributed by atoms with Crippen molar-refractivity contribution in [2.24, 2.45) is 0 Å². The van der Waals surface area contributed by atoms with E-state index in [1.165, 1.54) is 0 Å². The molecular formula is C16H22N2O. The number of nitrogens with one attached hydrogen (secondary N) is 2. The van der Waals surface area contributed by atoms with Crippen LogP contribution < -0.4 is 10.6 Å². The second-order valence-electron chi connectivity index (χ2n) is 4.21. The van der Waals surface area contributed by atoms with Crippen molar-refractivity contribution in [1.82, 2.24) is 0 Å². The zero-order valence-electron chi connectivity index (χ0n) is 11.4. The van der Waals surface area contributed by atoms with Crippen LogP contribution in [0, 0.1) is 0 Å². The second-order valence-corrected chi connectivity index (χ2v) is 4.21.